The summed E-state index contributed by atoms with van der Waals surface area (Å²) in [4.78, 5) is 13.7. The summed E-state index contributed by atoms with van der Waals surface area (Å²) in [5.41, 5.74) is 0.554. The fourth-order valence-electron chi connectivity index (χ4n) is 1.64. The van der Waals surface area contributed by atoms with Gasteiger partial charge in [-0.15, -0.1) is 12.4 Å². The van der Waals surface area contributed by atoms with Gasteiger partial charge >= 0.3 is 0 Å². The highest BCUT2D eigenvalue weighted by Crippen LogP contribution is 2.07. The molecule has 1 aliphatic rings. The predicted molar refractivity (Wildman–Crippen MR) is 62.4 cm³/mol. The van der Waals surface area contributed by atoms with Crippen molar-refractivity contribution in [3.05, 3.63) is 35.6 Å². The van der Waals surface area contributed by atoms with Gasteiger partial charge in [-0.3, -0.25) is 4.79 Å². The highest BCUT2D eigenvalue weighted by Gasteiger charge is 2.17. The molecule has 0 unspecified atom stereocenters. The van der Waals surface area contributed by atoms with Crippen LogP contribution in [0.3, 0.4) is 0 Å². The van der Waals surface area contributed by atoms with Crippen LogP contribution < -0.4 is 5.32 Å². The fourth-order valence-corrected chi connectivity index (χ4v) is 1.64. The quantitative estimate of drug-likeness (QED) is 0.808. The number of carbonyl (C=O) groups excluding carboxylic acids is 1. The molecular formula is C11H14ClFN2O. The minimum Gasteiger partial charge on any atom is -0.336 e. The molecule has 0 spiro atoms. The third-order valence-electron chi connectivity index (χ3n) is 2.50. The molecule has 0 saturated carbocycles. The minimum absolute atomic E-state index is 0. The standard InChI is InChI=1S/C11H13FN2O.ClH/c12-10-3-1-9(2-4-10)11(15)14-7-5-13-6-8-14;/h1-4,13H,5-8H2;1H. The fraction of sp³-hybridized carbons (Fsp3) is 0.364. The van der Waals surface area contributed by atoms with Crippen molar-refractivity contribution in [2.45, 2.75) is 0 Å². The molecule has 1 fully saturated rings. The molecule has 1 amide bonds. The maximum Gasteiger partial charge on any atom is 0.253 e. The Labute approximate surface area is 100 Å². The second-order valence-electron chi connectivity index (χ2n) is 3.55. The van der Waals surface area contributed by atoms with Crippen molar-refractivity contribution in [2.75, 3.05) is 26.2 Å². The predicted octanol–water partition coefficient (Wildman–Crippen LogP) is 1.29. The zero-order chi connectivity index (χ0) is 10.7. The Kier molecular flexibility index (Phi) is 4.71. The van der Waals surface area contributed by atoms with Gasteiger partial charge in [0.1, 0.15) is 5.82 Å². The summed E-state index contributed by atoms with van der Waals surface area (Å²) in [6, 6.07) is 5.68. The van der Waals surface area contributed by atoms with E-state index in [0.717, 1.165) is 26.2 Å². The number of nitrogens with one attached hydrogen (secondary N) is 1. The molecule has 1 aliphatic heterocycles. The topological polar surface area (TPSA) is 32.3 Å². The number of rotatable bonds is 1. The van der Waals surface area contributed by atoms with E-state index >= 15 is 0 Å². The number of nitrogens with zero attached hydrogens (tertiary/aromatic N) is 1. The van der Waals surface area contributed by atoms with Gasteiger partial charge in [-0.1, -0.05) is 0 Å². The maximum absolute atomic E-state index is 12.7. The van der Waals surface area contributed by atoms with E-state index < -0.39 is 0 Å². The van der Waals surface area contributed by atoms with Crippen LogP contribution in [0.15, 0.2) is 24.3 Å². The molecule has 0 radical (unpaired) electrons. The first-order valence-corrected chi connectivity index (χ1v) is 5.03. The van der Waals surface area contributed by atoms with E-state index in [4.69, 9.17) is 0 Å². The lowest BCUT2D eigenvalue weighted by atomic mass is 10.2. The number of amides is 1. The molecule has 3 nitrogen and oxygen atoms in total. The lowest BCUT2D eigenvalue weighted by molar-refractivity contribution is 0.0736. The van der Waals surface area contributed by atoms with Crippen LogP contribution in [0, 0.1) is 5.82 Å². The van der Waals surface area contributed by atoms with Gasteiger partial charge in [0.05, 0.1) is 0 Å². The molecule has 0 aromatic heterocycles. The number of halogens is 2. The van der Waals surface area contributed by atoms with E-state index in [1.54, 1.807) is 4.90 Å². The van der Waals surface area contributed by atoms with Crippen LogP contribution in [0.4, 0.5) is 4.39 Å². The summed E-state index contributed by atoms with van der Waals surface area (Å²) in [7, 11) is 0. The van der Waals surface area contributed by atoms with Crippen molar-refractivity contribution in [3.63, 3.8) is 0 Å². The Balaban J connectivity index is 0.00000128. The molecule has 16 heavy (non-hydrogen) atoms. The average Bonchev–Trinajstić information content (AvgIpc) is 2.30. The van der Waals surface area contributed by atoms with Crippen molar-refractivity contribution in [2.24, 2.45) is 0 Å². The molecule has 1 saturated heterocycles. The molecule has 2 rings (SSSR count). The minimum atomic E-state index is -0.313. The summed E-state index contributed by atoms with van der Waals surface area (Å²) in [6.45, 7) is 3.09. The van der Waals surface area contributed by atoms with Gasteiger partial charge in [0, 0.05) is 31.7 Å². The molecule has 0 aliphatic carbocycles. The van der Waals surface area contributed by atoms with Gasteiger partial charge in [0.25, 0.3) is 5.91 Å². The van der Waals surface area contributed by atoms with Crippen molar-refractivity contribution in [3.8, 4) is 0 Å². The molecular weight excluding hydrogens is 231 g/mol. The maximum atomic E-state index is 12.7. The van der Waals surface area contributed by atoms with Crippen LogP contribution in [-0.2, 0) is 0 Å². The highest BCUT2D eigenvalue weighted by molar-refractivity contribution is 5.94. The van der Waals surface area contributed by atoms with Crippen LogP contribution in [-0.4, -0.2) is 37.0 Å². The summed E-state index contributed by atoms with van der Waals surface area (Å²) in [6.07, 6.45) is 0. The van der Waals surface area contributed by atoms with E-state index in [0.29, 0.717) is 5.56 Å². The monoisotopic (exact) mass is 244 g/mol. The van der Waals surface area contributed by atoms with E-state index in [1.807, 2.05) is 0 Å². The second kappa shape index (κ2) is 5.82. The van der Waals surface area contributed by atoms with E-state index in [1.165, 1.54) is 24.3 Å². The first-order chi connectivity index (χ1) is 7.27. The molecule has 5 heteroatoms. The van der Waals surface area contributed by atoms with E-state index in [9.17, 15) is 9.18 Å². The van der Waals surface area contributed by atoms with Crippen LogP contribution in [0.5, 0.6) is 0 Å². The third kappa shape index (κ3) is 2.93. The highest BCUT2D eigenvalue weighted by atomic mass is 35.5. The molecule has 0 bridgehead atoms. The molecule has 1 aromatic carbocycles. The van der Waals surface area contributed by atoms with Gasteiger partial charge in [-0.25, -0.2) is 4.39 Å². The number of benzene rings is 1. The largest absolute Gasteiger partial charge is 0.336 e. The zero-order valence-corrected chi connectivity index (χ0v) is 9.60. The normalized spacial score (nSPS) is 15.4. The Hall–Kier alpha value is -1.13. The summed E-state index contributed by atoms with van der Waals surface area (Å²) < 4.78 is 12.7. The third-order valence-corrected chi connectivity index (χ3v) is 2.50. The van der Waals surface area contributed by atoms with Crippen molar-refractivity contribution < 1.29 is 9.18 Å². The Morgan fingerprint density at radius 3 is 2.31 bits per heavy atom. The van der Waals surface area contributed by atoms with Gasteiger partial charge in [0.2, 0.25) is 0 Å². The van der Waals surface area contributed by atoms with Crippen LogP contribution in [0.2, 0.25) is 0 Å². The Morgan fingerprint density at radius 2 is 1.75 bits per heavy atom. The first kappa shape index (κ1) is 12.9. The van der Waals surface area contributed by atoms with Gasteiger partial charge in [-0.05, 0) is 24.3 Å². The van der Waals surface area contributed by atoms with Crippen molar-refractivity contribution >= 4 is 18.3 Å². The zero-order valence-electron chi connectivity index (χ0n) is 8.78. The number of hydrogen-bond donors (Lipinski definition) is 1. The van der Waals surface area contributed by atoms with E-state index in [-0.39, 0.29) is 24.1 Å². The Morgan fingerprint density at radius 1 is 1.19 bits per heavy atom. The van der Waals surface area contributed by atoms with Gasteiger partial charge < -0.3 is 10.2 Å². The average molecular weight is 245 g/mol. The SMILES string of the molecule is Cl.O=C(c1ccc(F)cc1)N1CCNCC1. The van der Waals surface area contributed by atoms with Crippen molar-refractivity contribution in [1.29, 1.82) is 0 Å². The smallest absolute Gasteiger partial charge is 0.253 e. The van der Waals surface area contributed by atoms with Crippen LogP contribution in [0.1, 0.15) is 10.4 Å². The summed E-state index contributed by atoms with van der Waals surface area (Å²) in [5.74, 6) is -0.330. The van der Waals surface area contributed by atoms with Gasteiger partial charge in [0.15, 0.2) is 0 Å². The second-order valence-corrected chi connectivity index (χ2v) is 3.55. The summed E-state index contributed by atoms with van der Waals surface area (Å²) in [5, 5.41) is 3.18. The Bertz CT molecular complexity index is 350. The van der Waals surface area contributed by atoms with Gasteiger partial charge in [-0.2, -0.15) is 0 Å². The lowest BCUT2D eigenvalue weighted by Crippen LogP contribution is -2.46. The van der Waals surface area contributed by atoms with Crippen LogP contribution >= 0.6 is 12.4 Å². The molecule has 1 aromatic rings. The summed E-state index contributed by atoms with van der Waals surface area (Å²) >= 11 is 0. The molecule has 1 heterocycles. The van der Waals surface area contributed by atoms with Crippen molar-refractivity contribution in [1.82, 2.24) is 10.2 Å². The van der Waals surface area contributed by atoms with Crippen LogP contribution in [0.25, 0.3) is 0 Å². The lowest BCUT2D eigenvalue weighted by Gasteiger charge is -2.27. The number of piperazine rings is 1. The number of carbonyl (C=O) groups is 1. The molecule has 0 atom stereocenters. The first-order valence-electron chi connectivity index (χ1n) is 5.03. The number of hydrogen-bond acceptors (Lipinski definition) is 2. The molecule has 88 valence electrons. The molecule has 1 N–H and O–H groups in total. The van der Waals surface area contributed by atoms with E-state index in [2.05, 4.69) is 5.32 Å².